The molecule has 0 saturated carbocycles. The molecule has 10 heteroatoms. The maximum atomic E-state index is 13.9. The van der Waals surface area contributed by atoms with Gasteiger partial charge in [0.1, 0.15) is 10.8 Å². The molecule has 0 radical (unpaired) electrons. The van der Waals surface area contributed by atoms with E-state index in [1.165, 1.54) is 33.9 Å². The number of nitrogens with zero attached hydrogens (tertiary/aromatic N) is 4. The molecule has 1 amide bonds. The van der Waals surface area contributed by atoms with Gasteiger partial charge in [-0.3, -0.25) is 14.2 Å². The first-order valence-corrected chi connectivity index (χ1v) is 8.15. The van der Waals surface area contributed by atoms with E-state index in [-0.39, 0.29) is 38.7 Å². The zero-order valence-electron chi connectivity index (χ0n) is 12.8. The summed E-state index contributed by atoms with van der Waals surface area (Å²) in [5.41, 5.74) is 0.320. The lowest BCUT2D eigenvalue weighted by molar-refractivity contribution is 0.102. The number of aromatic nitrogens is 4. The minimum absolute atomic E-state index is 0.0481. The highest BCUT2D eigenvalue weighted by atomic mass is 35.5. The van der Waals surface area contributed by atoms with E-state index >= 15 is 0 Å². The van der Waals surface area contributed by atoms with Crippen molar-refractivity contribution >= 4 is 46.5 Å². The maximum Gasteiger partial charge on any atom is 0.278 e. The second-order valence-electron chi connectivity index (χ2n) is 5.18. The van der Waals surface area contributed by atoms with E-state index < -0.39 is 11.7 Å². The number of hydrogen-bond acceptors (Lipinski definition) is 3. The molecule has 0 aliphatic carbocycles. The van der Waals surface area contributed by atoms with Crippen molar-refractivity contribution in [3.8, 4) is 0 Å². The largest absolute Gasteiger partial charge is 0.302 e. The SMILES string of the molecule is Cn1cc(Cl)c(C(=O)Nc2nn(Cc3c(F)cccc3Cl)cc2Cl)n1. The zero-order valence-corrected chi connectivity index (χ0v) is 15.1. The minimum Gasteiger partial charge on any atom is -0.302 e. The molecule has 3 aromatic rings. The van der Waals surface area contributed by atoms with Crippen LogP contribution in [0, 0.1) is 5.82 Å². The number of anilines is 1. The minimum atomic E-state index is -0.554. The van der Waals surface area contributed by atoms with Gasteiger partial charge in [-0.15, -0.1) is 0 Å². The van der Waals surface area contributed by atoms with E-state index in [2.05, 4.69) is 15.5 Å². The Labute approximate surface area is 157 Å². The fourth-order valence-electron chi connectivity index (χ4n) is 2.19. The molecule has 0 bridgehead atoms. The summed E-state index contributed by atoms with van der Waals surface area (Å²) in [6.45, 7) is 0.0610. The third kappa shape index (κ3) is 3.78. The highest BCUT2D eigenvalue weighted by Crippen LogP contribution is 2.24. The van der Waals surface area contributed by atoms with Crippen molar-refractivity contribution in [2.75, 3.05) is 5.32 Å². The lowest BCUT2D eigenvalue weighted by Gasteiger charge is -2.05. The van der Waals surface area contributed by atoms with Crippen molar-refractivity contribution in [2.45, 2.75) is 6.54 Å². The highest BCUT2D eigenvalue weighted by Gasteiger charge is 2.18. The smallest absolute Gasteiger partial charge is 0.278 e. The topological polar surface area (TPSA) is 64.7 Å². The Hall–Kier alpha value is -2.09. The van der Waals surface area contributed by atoms with Gasteiger partial charge in [0.25, 0.3) is 5.91 Å². The average molecular weight is 403 g/mol. The van der Waals surface area contributed by atoms with Gasteiger partial charge < -0.3 is 5.32 Å². The Kier molecular flexibility index (Phi) is 4.99. The summed E-state index contributed by atoms with van der Waals surface area (Å²) < 4.78 is 16.7. The molecule has 0 atom stereocenters. The van der Waals surface area contributed by atoms with E-state index in [4.69, 9.17) is 34.8 Å². The van der Waals surface area contributed by atoms with Gasteiger partial charge in [0, 0.05) is 30.0 Å². The van der Waals surface area contributed by atoms with Gasteiger partial charge in [0.2, 0.25) is 0 Å². The fraction of sp³-hybridized carbons (Fsp3) is 0.133. The molecule has 3 rings (SSSR count). The van der Waals surface area contributed by atoms with Gasteiger partial charge in [-0.05, 0) is 12.1 Å². The summed E-state index contributed by atoms with van der Waals surface area (Å²) in [4.78, 5) is 12.2. The van der Waals surface area contributed by atoms with Crippen LogP contribution in [0.1, 0.15) is 16.1 Å². The van der Waals surface area contributed by atoms with E-state index in [1.807, 2.05) is 0 Å². The maximum absolute atomic E-state index is 13.9. The summed E-state index contributed by atoms with van der Waals surface area (Å²) in [7, 11) is 1.64. The Balaban J connectivity index is 1.81. The molecule has 0 fully saturated rings. The van der Waals surface area contributed by atoms with Crippen LogP contribution in [0.25, 0.3) is 0 Å². The van der Waals surface area contributed by atoms with Crippen molar-refractivity contribution in [1.82, 2.24) is 19.6 Å². The summed E-state index contributed by atoms with van der Waals surface area (Å²) in [6.07, 6.45) is 2.96. The second kappa shape index (κ2) is 7.03. The van der Waals surface area contributed by atoms with Gasteiger partial charge in [-0.25, -0.2) is 4.39 Å². The monoisotopic (exact) mass is 401 g/mol. The Morgan fingerprint density at radius 1 is 1.16 bits per heavy atom. The van der Waals surface area contributed by atoms with Gasteiger partial charge in [0.05, 0.1) is 11.6 Å². The predicted octanol–water partition coefficient (Wildman–Crippen LogP) is 4.02. The molecule has 0 aliphatic rings. The average Bonchev–Trinajstić information content (AvgIpc) is 3.05. The van der Waals surface area contributed by atoms with E-state index in [1.54, 1.807) is 13.1 Å². The molecule has 0 unspecified atom stereocenters. The van der Waals surface area contributed by atoms with Gasteiger partial charge in [-0.2, -0.15) is 10.2 Å². The van der Waals surface area contributed by atoms with Gasteiger partial charge in [-0.1, -0.05) is 40.9 Å². The molecule has 1 aromatic carbocycles. The van der Waals surface area contributed by atoms with Crippen LogP contribution in [-0.4, -0.2) is 25.5 Å². The van der Waals surface area contributed by atoms with Crippen LogP contribution in [-0.2, 0) is 13.6 Å². The molecule has 2 aromatic heterocycles. The Morgan fingerprint density at radius 3 is 2.56 bits per heavy atom. The standard InChI is InChI=1S/C15H11Cl3FN5O/c1-23-6-10(17)13(21-23)15(25)20-14-11(18)7-24(22-14)5-8-9(16)3-2-4-12(8)19/h2-4,6-7H,5H2,1H3,(H,20,22,25). The number of nitrogens with one attached hydrogen (secondary N) is 1. The van der Waals surface area contributed by atoms with E-state index in [9.17, 15) is 9.18 Å². The number of rotatable bonds is 4. The molecule has 0 aliphatic heterocycles. The highest BCUT2D eigenvalue weighted by molar-refractivity contribution is 6.35. The van der Waals surface area contributed by atoms with Gasteiger partial charge >= 0.3 is 0 Å². The lowest BCUT2D eigenvalue weighted by atomic mass is 10.2. The summed E-state index contributed by atoms with van der Waals surface area (Å²) in [5, 5.41) is 11.3. The Bertz CT molecular complexity index is 933. The van der Waals surface area contributed by atoms with E-state index in [0.29, 0.717) is 0 Å². The number of carbonyl (C=O) groups is 1. The van der Waals surface area contributed by atoms with Crippen molar-refractivity contribution in [1.29, 1.82) is 0 Å². The number of carbonyl (C=O) groups excluding carboxylic acids is 1. The molecule has 0 spiro atoms. The van der Waals surface area contributed by atoms with Crippen LogP contribution >= 0.6 is 34.8 Å². The molecule has 6 nitrogen and oxygen atoms in total. The van der Waals surface area contributed by atoms with Crippen molar-refractivity contribution < 1.29 is 9.18 Å². The number of aryl methyl sites for hydroxylation is 1. The predicted molar refractivity (Wildman–Crippen MR) is 93.9 cm³/mol. The van der Waals surface area contributed by atoms with Crippen LogP contribution in [0.15, 0.2) is 30.6 Å². The molecule has 1 N–H and O–H groups in total. The number of hydrogen-bond donors (Lipinski definition) is 1. The zero-order chi connectivity index (χ0) is 18.1. The van der Waals surface area contributed by atoms with Gasteiger partial charge in [0.15, 0.2) is 11.5 Å². The first kappa shape index (κ1) is 17.7. The van der Waals surface area contributed by atoms with E-state index in [0.717, 1.165) is 0 Å². The van der Waals surface area contributed by atoms with Crippen molar-refractivity contribution in [3.63, 3.8) is 0 Å². The summed E-state index contributed by atoms with van der Waals surface area (Å²) >= 11 is 18.0. The number of halogens is 4. The summed E-state index contributed by atoms with van der Waals surface area (Å²) in [5.74, 6) is -0.896. The molecule has 25 heavy (non-hydrogen) atoms. The molecule has 2 heterocycles. The molecular formula is C15H11Cl3FN5O. The fourth-order valence-corrected chi connectivity index (χ4v) is 2.87. The Morgan fingerprint density at radius 2 is 1.92 bits per heavy atom. The summed E-state index contributed by atoms with van der Waals surface area (Å²) in [6, 6.07) is 4.40. The van der Waals surface area contributed by atoms with Crippen molar-refractivity contribution in [3.05, 3.63) is 62.7 Å². The van der Waals surface area contributed by atoms with Crippen LogP contribution in [0.2, 0.25) is 15.1 Å². The molecule has 130 valence electrons. The van der Waals surface area contributed by atoms with Crippen LogP contribution < -0.4 is 5.32 Å². The van der Waals surface area contributed by atoms with Crippen molar-refractivity contribution in [2.24, 2.45) is 7.05 Å². The quantitative estimate of drug-likeness (QED) is 0.717. The second-order valence-corrected chi connectivity index (χ2v) is 6.40. The van der Waals surface area contributed by atoms with Crippen LogP contribution in [0.4, 0.5) is 10.2 Å². The molecular weight excluding hydrogens is 392 g/mol. The molecule has 0 saturated heterocycles. The van der Waals surface area contributed by atoms with Crippen LogP contribution in [0.5, 0.6) is 0 Å². The third-order valence-electron chi connectivity index (χ3n) is 3.33. The lowest BCUT2D eigenvalue weighted by Crippen LogP contribution is -2.14. The van der Waals surface area contributed by atoms with Crippen LogP contribution in [0.3, 0.4) is 0 Å². The first-order valence-electron chi connectivity index (χ1n) is 7.01. The normalized spacial score (nSPS) is 10.9. The first-order chi connectivity index (χ1) is 11.8. The number of benzene rings is 1. The number of amides is 1. The third-order valence-corrected chi connectivity index (χ3v) is 4.24.